The molecule has 0 aliphatic rings. The van der Waals surface area contributed by atoms with Crippen LogP contribution in [0, 0.1) is 0 Å². The molecule has 8 heteroatoms. The van der Waals surface area contributed by atoms with Crippen LogP contribution in [-0.4, -0.2) is 25.8 Å². The summed E-state index contributed by atoms with van der Waals surface area (Å²) in [5, 5.41) is 13.0. The number of aromatic nitrogens is 3. The van der Waals surface area contributed by atoms with Gasteiger partial charge in [0.1, 0.15) is 5.69 Å². The Hall–Kier alpha value is -3.16. The summed E-state index contributed by atoms with van der Waals surface area (Å²) in [6.07, 6.45) is -1.74. The number of carboxylic acid groups (broad SMARTS) is 1. The number of rotatable bonds is 3. The molecule has 0 spiro atoms. The maximum Gasteiger partial charge on any atom is 0.433 e. The molecule has 0 radical (unpaired) electrons. The van der Waals surface area contributed by atoms with Gasteiger partial charge in [0.15, 0.2) is 0 Å². The summed E-state index contributed by atoms with van der Waals surface area (Å²) in [7, 11) is 0. The highest BCUT2D eigenvalue weighted by Crippen LogP contribution is 2.34. The summed E-state index contributed by atoms with van der Waals surface area (Å²) in [5.74, 6) is -1.23. The Balaban J connectivity index is 2.18. The molecule has 0 saturated heterocycles. The lowest BCUT2D eigenvalue weighted by Crippen LogP contribution is -2.13. The molecule has 1 N–H and O–H groups in total. The van der Waals surface area contributed by atoms with E-state index >= 15 is 0 Å². The van der Waals surface area contributed by atoms with Crippen LogP contribution in [-0.2, 0) is 6.18 Å². The van der Waals surface area contributed by atoms with E-state index in [0.29, 0.717) is 10.2 Å². The Morgan fingerprint density at radius 1 is 1.12 bits per heavy atom. The summed E-state index contributed by atoms with van der Waals surface area (Å²) < 4.78 is 40.7. The van der Waals surface area contributed by atoms with Crippen LogP contribution in [0.3, 0.4) is 0 Å². The number of carboxylic acids is 1. The van der Waals surface area contributed by atoms with Gasteiger partial charge in [0.05, 0.1) is 16.9 Å². The number of hydrogen-bond acceptors (Lipinski definition) is 3. The summed E-state index contributed by atoms with van der Waals surface area (Å²) >= 11 is 0. The summed E-state index contributed by atoms with van der Waals surface area (Å²) in [6.45, 7) is 0. The third-order valence-corrected chi connectivity index (χ3v) is 3.29. The lowest BCUT2D eigenvalue weighted by atomic mass is 10.2. The topological polar surface area (TPSA) is 68.0 Å². The Morgan fingerprint density at radius 2 is 1.92 bits per heavy atom. The Kier molecular flexibility index (Phi) is 3.80. The van der Waals surface area contributed by atoms with E-state index in [1.165, 1.54) is 30.6 Å². The van der Waals surface area contributed by atoms with Crippen LogP contribution < -0.4 is 0 Å². The maximum atomic E-state index is 13.3. The van der Waals surface area contributed by atoms with Crippen molar-refractivity contribution in [3.05, 3.63) is 66.1 Å². The minimum Gasteiger partial charge on any atom is -0.478 e. The molecule has 3 rings (SSSR count). The standard InChI is InChI=1S/C16H10F3N3O2/c17-16(18,19)14-8-13(11-4-2-6-20-9-11)21-22(14)12-5-1-3-10(7-12)15(23)24/h1-9H,(H,23,24). The Morgan fingerprint density at radius 3 is 2.54 bits per heavy atom. The van der Waals surface area contributed by atoms with Crippen molar-refractivity contribution in [2.24, 2.45) is 0 Å². The molecule has 0 aliphatic heterocycles. The van der Waals surface area contributed by atoms with Crippen molar-refractivity contribution < 1.29 is 23.1 Å². The monoisotopic (exact) mass is 333 g/mol. The lowest BCUT2D eigenvalue weighted by Gasteiger charge is -2.10. The molecule has 2 aromatic heterocycles. The molecule has 3 aromatic rings. The first-order valence-electron chi connectivity index (χ1n) is 6.77. The number of hydrogen-bond donors (Lipinski definition) is 1. The average molecular weight is 333 g/mol. The van der Waals surface area contributed by atoms with Gasteiger partial charge in [-0.25, -0.2) is 9.48 Å². The molecule has 0 unspecified atom stereocenters. The summed E-state index contributed by atoms with van der Waals surface area (Å²) in [6, 6.07) is 9.25. The first kappa shape index (κ1) is 15.7. The fourth-order valence-corrected chi connectivity index (χ4v) is 2.21. The van der Waals surface area contributed by atoms with Gasteiger partial charge in [0.2, 0.25) is 0 Å². The average Bonchev–Trinajstić information content (AvgIpc) is 3.01. The van der Waals surface area contributed by atoms with E-state index in [1.54, 1.807) is 12.1 Å². The number of alkyl halides is 3. The molecule has 0 saturated carbocycles. The maximum absolute atomic E-state index is 13.3. The number of benzene rings is 1. The first-order valence-corrected chi connectivity index (χ1v) is 6.77. The lowest BCUT2D eigenvalue weighted by molar-refractivity contribution is -0.142. The third-order valence-electron chi connectivity index (χ3n) is 3.29. The van der Waals surface area contributed by atoms with Crippen molar-refractivity contribution in [1.29, 1.82) is 0 Å². The molecule has 5 nitrogen and oxygen atoms in total. The van der Waals surface area contributed by atoms with E-state index in [9.17, 15) is 18.0 Å². The number of pyridine rings is 1. The largest absolute Gasteiger partial charge is 0.478 e. The minimum atomic E-state index is -4.65. The van der Waals surface area contributed by atoms with Gasteiger partial charge in [0.25, 0.3) is 0 Å². The summed E-state index contributed by atoms with van der Waals surface area (Å²) in [4.78, 5) is 14.9. The van der Waals surface area contributed by atoms with Crippen LogP contribution in [0.5, 0.6) is 0 Å². The van der Waals surface area contributed by atoms with Crippen LogP contribution in [0.4, 0.5) is 13.2 Å². The molecule has 0 amide bonds. The fraction of sp³-hybridized carbons (Fsp3) is 0.0625. The number of aromatic carboxylic acids is 1. The van der Waals surface area contributed by atoms with Crippen LogP contribution in [0.25, 0.3) is 16.9 Å². The minimum absolute atomic E-state index is 0.0114. The molecule has 0 bridgehead atoms. The number of carbonyl (C=O) groups is 1. The van der Waals surface area contributed by atoms with Gasteiger partial charge < -0.3 is 5.11 Å². The van der Waals surface area contributed by atoms with E-state index < -0.39 is 17.8 Å². The molecule has 122 valence electrons. The van der Waals surface area contributed by atoms with Crippen molar-refractivity contribution >= 4 is 5.97 Å². The zero-order valence-electron chi connectivity index (χ0n) is 12.0. The van der Waals surface area contributed by atoms with Crippen molar-refractivity contribution in [3.8, 4) is 16.9 Å². The smallest absolute Gasteiger partial charge is 0.433 e. The highest BCUT2D eigenvalue weighted by atomic mass is 19.4. The predicted molar refractivity (Wildman–Crippen MR) is 78.8 cm³/mol. The van der Waals surface area contributed by atoms with Crippen LogP contribution >= 0.6 is 0 Å². The quantitative estimate of drug-likeness (QED) is 0.794. The third kappa shape index (κ3) is 2.98. The van der Waals surface area contributed by atoms with Gasteiger partial charge in [-0.3, -0.25) is 4.98 Å². The molecule has 24 heavy (non-hydrogen) atoms. The molecule has 0 atom stereocenters. The van der Waals surface area contributed by atoms with Crippen LogP contribution in [0.15, 0.2) is 54.9 Å². The second-order valence-corrected chi connectivity index (χ2v) is 4.92. The van der Waals surface area contributed by atoms with E-state index in [1.807, 2.05) is 0 Å². The predicted octanol–water partition coefficient (Wildman–Crippen LogP) is 3.65. The highest BCUT2D eigenvalue weighted by molar-refractivity contribution is 5.88. The zero-order chi connectivity index (χ0) is 17.3. The van der Waals surface area contributed by atoms with Gasteiger partial charge in [0, 0.05) is 18.0 Å². The van der Waals surface area contributed by atoms with Crippen molar-refractivity contribution in [3.63, 3.8) is 0 Å². The van der Waals surface area contributed by atoms with Crippen molar-refractivity contribution in [2.45, 2.75) is 6.18 Å². The van der Waals surface area contributed by atoms with E-state index in [2.05, 4.69) is 10.1 Å². The Bertz CT molecular complexity index is 889. The van der Waals surface area contributed by atoms with Gasteiger partial charge in [-0.1, -0.05) is 6.07 Å². The first-order chi connectivity index (χ1) is 11.4. The SMILES string of the molecule is O=C(O)c1cccc(-n2nc(-c3cccnc3)cc2C(F)(F)F)c1. The normalized spacial score (nSPS) is 11.5. The van der Waals surface area contributed by atoms with Crippen LogP contribution in [0.2, 0.25) is 0 Å². The van der Waals surface area contributed by atoms with E-state index in [4.69, 9.17) is 5.11 Å². The van der Waals surface area contributed by atoms with Gasteiger partial charge in [-0.15, -0.1) is 0 Å². The Labute approximate surface area is 134 Å². The molecule has 0 aliphatic carbocycles. The van der Waals surface area contributed by atoms with E-state index in [-0.39, 0.29) is 16.9 Å². The van der Waals surface area contributed by atoms with Gasteiger partial charge >= 0.3 is 12.1 Å². The molecular weight excluding hydrogens is 323 g/mol. The molecule has 0 fully saturated rings. The fourth-order valence-electron chi connectivity index (χ4n) is 2.21. The van der Waals surface area contributed by atoms with E-state index in [0.717, 1.165) is 12.1 Å². The van der Waals surface area contributed by atoms with Crippen molar-refractivity contribution in [1.82, 2.24) is 14.8 Å². The number of halogens is 3. The van der Waals surface area contributed by atoms with Crippen molar-refractivity contribution in [2.75, 3.05) is 0 Å². The van der Waals surface area contributed by atoms with Gasteiger partial charge in [-0.2, -0.15) is 18.3 Å². The second kappa shape index (κ2) is 5.80. The molecule has 2 heterocycles. The number of nitrogens with zero attached hydrogens (tertiary/aromatic N) is 3. The summed E-state index contributed by atoms with van der Waals surface area (Å²) in [5.41, 5.74) is -0.590. The zero-order valence-corrected chi connectivity index (χ0v) is 12.0. The molecule has 1 aromatic carbocycles. The van der Waals surface area contributed by atoms with Crippen LogP contribution in [0.1, 0.15) is 16.1 Å². The van der Waals surface area contributed by atoms with Gasteiger partial charge in [-0.05, 0) is 36.4 Å². The second-order valence-electron chi connectivity index (χ2n) is 4.92. The highest BCUT2D eigenvalue weighted by Gasteiger charge is 2.36. The molecular formula is C16H10F3N3O2.